The molecule has 3 amide bonds. The maximum absolute atomic E-state index is 13.8. The fourth-order valence-corrected chi connectivity index (χ4v) is 5.51. The normalized spacial score (nSPS) is 21.2. The van der Waals surface area contributed by atoms with E-state index in [1.165, 1.54) is 9.78 Å². The Morgan fingerprint density at radius 3 is 2.20 bits per heavy atom. The van der Waals surface area contributed by atoms with Crippen molar-refractivity contribution in [2.45, 2.75) is 24.4 Å². The summed E-state index contributed by atoms with van der Waals surface area (Å²) < 4.78 is 0. The van der Waals surface area contributed by atoms with Gasteiger partial charge in [-0.05, 0) is 35.4 Å². The molecule has 0 spiro atoms. The van der Waals surface area contributed by atoms with Crippen LogP contribution in [0.4, 0.5) is 4.79 Å². The molecule has 2 aliphatic rings. The van der Waals surface area contributed by atoms with Gasteiger partial charge in [-0.25, -0.2) is 9.69 Å². The maximum atomic E-state index is 13.8. The van der Waals surface area contributed by atoms with Crippen molar-refractivity contribution in [1.82, 2.24) is 15.1 Å². The van der Waals surface area contributed by atoms with Crippen molar-refractivity contribution >= 4 is 23.3 Å². The molecule has 30 heavy (non-hydrogen) atoms. The van der Waals surface area contributed by atoms with Crippen LogP contribution in [0.1, 0.15) is 34.9 Å². The largest absolute Gasteiger partial charge is 0.326 e. The fourth-order valence-electron chi connectivity index (χ4n) is 4.62. The Kier molecular flexibility index (Phi) is 4.89. The van der Waals surface area contributed by atoms with Crippen LogP contribution >= 0.6 is 11.3 Å². The third-order valence-electron chi connectivity index (χ3n) is 6.08. The highest BCUT2D eigenvalue weighted by molar-refractivity contribution is 7.10. The molecule has 1 atom stereocenters. The third kappa shape index (κ3) is 3.04. The van der Waals surface area contributed by atoms with Gasteiger partial charge in [-0.15, -0.1) is 11.3 Å². The number of carbonyl (C=O) groups is 2. The third-order valence-corrected chi connectivity index (χ3v) is 7.05. The number of carbonyl (C=O) groups excluding carboxylic acids is 2. The van der Waals surface area contributed by atoms with Crippen LogP contribution in [-0.2, 0) is 10.3 Å². The number of hydrogen-bond donors (Lipinski definition) is 1. The Balaban J connectivity index is 1.50. The van der Waals surface area contributed by atoms with E-state index in [1.54, 1.807) is 11.3 Å². The lowest BCUT2D eigenvalue weighted by Gasteiger charge is -2.30. The van der Waals surface area contributed by atoms with Crippen LogP contribution in [0.25, 0.3) is 0 Å². The van der Waals surface area contributed by atoms with Crippen LogP contribution in [0.3, 0.4) is 0 Å². The number of urea groups is 1. The van der Waals surface area contributed by atoms with Crippen molar-refractivity contribution in [3.05, 3.63) is 94.2 Å². The highest BCUT2D eigenvalue weighted by Crippen LogP contribution is 2.38. The molecule has 3 aromatic rings. The van der Waals surface area contributed by atoms with Gasteiger partial charge < -0.3 is 5.32 Å². The predicted molar refractivity (Wildman–Crippen MR) is 117 cm³/mol. The van der Waals surface area contributed by atoms with Gasteiger partial charge in [-0.2, -0.15) is 0 Å². The molecular formula is C24H23N3O2S. The van der Waals surface area contributed by atoms with Crippen LogP contribution in [0.5, 0.6) is 0 Å². The molecule has 3 heterocycles. The lowest BCUT2D eigenvalue weighted by atomic mass is 9.83. The molecule has 5 rings (SSSR count). The topological polar surface area (TPSA) is 52.7 Å². The molecule has 6 heteroatoms. The lowest BCUT2D eigenvalue weighted by molar-refractivity contribution is -0.131. The standard InChI is InChI=1S/C24H23N3O2S/c28-22-24(18-9-3-1-4-10-18,19-11-5-2-6-12-19)25-23(29)27(22)17-26-15-7-13-20(26)21-14-8-16-30-21/h1-6,8-12,14,16,20H,7,13,15,17H2,(H,25,29). The van der Waals surface area contributed by atoms with Gasteiger partial charge >= 0.3 is 6.03 Å². The minimum Gasteiger partial charge on any atom is -0.315 e. The Labute approximate surface area is 179 Å². The predicted octanol–water partition coefficient (Wildman–Crippen LogP) is 4.34. The number of thiophene rings is 1. The minimum atomic E-state index is -1.20. The number of amides is 3. The minimum absolute atomic E-state index is 0.221. The summed E-state index contributed by atoms with van der Waals surface area (Å²) in [5, 5.41) is 5.12. The summed E-state index contributed by atoms with van der Waals surface area (Å²) in [6.45, 7) is 1.18. The quantitative estimate of drug-likeness (QED) is 0.629. The maximum Gasteiger partial charge on any atom is 0.326 e. The number of likely N-dealkylation sites (tertiary alicyclic amines) is 1. The van der Waals surface area contributed by atoms with E-state index in [0.29, 0.717) is 6.67 Å². The summed E-state index contributed by atoms with van der Waals surface area (Å²) in [5.41, 5.74) is 0.346. The fraction of sp³-hybridized carbons (Fsp3) is 0.250. The zero-order chi connectivity index (χ0) is 20.6. The van der Waals surface area contributed by atoms with Crippen molar-refractivity contribution in [2.75, 3.05) is 13.2 Å². The average Bonchev–Trinajstić information content (AvgIpc) is 3.52. The summed E-state index contributed by atoms with van der Waals surface area (Å²) in [6.07, 6.45) is 2.11. The van der Waals surface area contributed by atoms with Crippen LogP contribution in [0, 0.1) is 0 Å². The van der Waals surface area contributed by atoms with E-state index in [2.05, 4.69) is 27.7 Å². The molecule has 5 nitrogen and oxygen atoms in total. The van der Waals surface area contributed by atoms with Crippen LogP contribution in [0.15, 0.2) is 78.2 Å². The molecule has 0 bridgehead atoms. The smallest absolute Gasteiger partial charge is 0.315 e. The summed E-state index contributed by atoms with van der Waals surface area (Å²) in [7, 11) is 0. The van der Waals surface area contributed by atoms with E-state index in [1.807, 2.05) is 60.7 Å². The van der Waals surface area contributed by atoms with Gasteiger partial charge in [0, 0.05) is 17.5 Å². The zero-order valence-electron chi connectivity index (χ0n) is 16.5. The molecule has 2 saturated heterocycles. The molecular weight excluding hydrogens is 394 g/mol. The number of benzene rings is 2. The van der Waals surface area contributed by atoms with Gasteiger partial charge in [0.15, 0.2) is 5.54 Å². The highest BCUT2D eigenvalue weighted by atomic mass is 32.1. The molecule has 1 aromatic heterocycles. The molecule has 2 aliphatic heterocycles. The molecule has 1 unspecified atom stereocenters. The molecule has 1 N–H and O–H groups in total. The van der Waals surface area contributed by atoms with E-state index >= 15 is 0 Å². The molecule has 0 aliphatic carbocycles. The van der Waals surface area contributed by atoms with E-state index in [0.717, 1.165) is 30.5 Å². The molecule has 0 saturated carbocycles. The number of hydrogen-bond acceptors (Lipinski definition) is 4. The van der Waals surface area contributed by atoms with Crippen LogP contribution in [0.2, 0.25) is 0 Å². The second-order valence-corrected chi connectivity index (χ2v) is 8.75. The summed E-state index contributed by atoms with van der Waals surface area (Å²) >= 11 is 1.73. The molecule has 2 fully saturated rings. The lowest BCUT2D eigenvalue weighted by Crippen LogP contribution is -2.46. The molecule has 152 valence electrons. The van der Waals surface area contributed by atoms with Crippen molar-refractivity contribution in [3.63, 3.8) is 0 Å². The van der Waals surface area contributed by atoms with Crippen molar-refractivity contribution in [2.24, 2.45) is 0 Å². The van der Waals surface area contributed by atoms with Gasteiger partial charge in [0.05, 0.1) is 6.67 Å². The van der Waals surface area contributed by atoms with Crippen LogP contribution in [-0.4, -0.2) is 35.0 Å². The van der Waals surface area contributed by atoms with Crippen molar-refractivity contribution in [3.8, 4) is 0 Å². The second-order valence-electron chi connectivity index (χ2n) is 7.77. The van der Waals surface area contributed by atoms with Gasteiger partial charge in [0.1, 0.15) is 0 Å². The molecule has 2 aromatic carbocycles. The number of imide groups is 1. The first-order valence-electron chi connectivity index (χ1n) is 10.2. The van der Waals surface area contributed by atoms with Gasteiger partial charge in [-0.1, -0.05) is 66.7 Å². The van der Waals surface area contributed by atoms with Gasteiger partial charge in [0.25, 0.3) is 5.91 Å². The zero-order valence-corrected chi connectivity index (χ0v) is 17.3. The van der Waals surface area contributed by atoms with E-state index in [-0.39, 0.29) is 18.0 Å². The first-order chi connectivity index (χ1) is 14.7. The highest BCUT2D eigenvalue weighted by Gasteiger charge is 2.54. The Morgan fingerprint density at radius 2 is 1.60 bits per heavy atom. The first-order valence-corrected chi connectivity index (χ1v) is 11.1. The van der Waals surface area contributed by atoms with Crippen LogP contribution < -0.4 is 5.32 Å². The van der Waals surface area contributed by atoms with Gasteiger partial charge in [-0.3, -0.25) is 9.69 Å². The van der Waals surface area contributed by atoms with E-state index in [4.69, 9.17) is 0 Å². The Bertz CT molecular complexity index is 997. The summed E-state index contributed by atoms with van der Waals surface area (Å²) in [4.78, 5) is 31.9. The van der Waals surface area contributed by atoms with E-state index < -0.39 is 5.54 Å². The molecule has 0 radical (unpaired) electrons. The number of nitrogens with zero attached hydrogens (tertiary/aromatic N) is 2. The van der Waals surface area contributed by atoms with E-state index in [9.17, 15) is 9.59 Å². The summed E-state index contributed by atoms with van der Waals surface area (Å²) in [5.74, 6) is -0.221. The number of rotatable bonds is 5. The average molecular weight is 418 g/mol. The Morgan fingerprint density at radius 1 is 0.933 bits per heavy atom. The summed E-state index contributed by atoms with van der Waals surface area (Å²) in [6, 6.07) is 23.1. The van der Waals surface area contributed by atoms with Crippen molar-refractivity contribution in [1.29, 1.82) is 0 Å². The SMILES string of the molecule is O=C1NC(c2ccccc2)(c2ccccc2)C(=O)N1CN1CCCC1c1cccs1. The second kappa shape index (κ2) is 7.70. The van der Waals surface area contributed by atoms with Crippen molar-refractivity contribution < 1.29 is 9.59 Å². The number of nitrogens with one attached hydrogen (secondary N) is 1. The van der Waals surface area contributed by atoms with Gasteiger partial charge in [0.2, 0.25) is 0 Å². The monoisotopic (exact) mass is 417 g/mol. The first kappa shape index (κ1) is 19.0. The Hall–Kier alpha value is -2.96.